The lowest BCUT2D eigenvalue weighted by Crippen LogP contribution is -2.45. The highest BCUT2D eigenvalue weighted by Crippen LogP contribution is 2.36. The highest BCUT2D eigenvalue weighted by atomic mass is 16.6. The van der Waals surface area contributed by atoms with Crippen LogP contribution in [0.5, 0.6) is 0 Å². The minimum atomic E-state index is -1.02. The molecule has 4 nitrogen and oxygen atoms in total. The molecule has 0 aromatic heterocycles. The van der Waals surface area contributed by atoms with Crippen LogP contribution in [0.4, 0.5) is 0 Å². The smallest absolute Gasteiger partial charge is 0.113 e. The molecule has 3 N–H and O–H groups in total. The van der Waals surface area contributed by atoms with E-state index in [1.165, 1.54) is 0 Å². The first-order valence-corrected chi connectivity index (χ1v) is 3.40. The predicted octanol–water partition coefficient (Wildman–Crippen LogP) is -1.76. The van der Waals surface area contributed by atoms with E-state index in [9.17, 15) is 0 Å². The van der Waals surface area contributed by atoms with Crippen molar-refractivity contribution in [2.75, 3.05) is 0 Å². The van der Waals surface area contributed by atoms with Crippen LogP contribution in [0.25, 0.3) is 0 Å². The fraction of sp³-hybridized carbons (Fsp3) is 1.00. The molecular weight excluding hydrogens is 136 g/mol. The summed E-state index contributed by atoms with van der Waals surface area (Å²) in [6.07, 6.45) is -2.54. The molecule has 2 rings (SSSR count). The van der Waals surface area contributed by atoms with Gasteiger partial charge in [-0.3, -0.25) is 0 Å². The standard InChI is InChI=1S/C6H10O4/c7-2-1-3-6(10-3)5(9)4(2)8/h2-9H,1H2/t2-,3-,4+,5-,6-/m1/s1. The molecule has 1 aliphatic heterocycles. The summed E-state index contributed by atoms with van der Waals surface area (Å²) in [7, 11) is 0. The summed E-state index contributed by atoms with van der Waals surface area (Å²) < 4.78 is 4.96. The van der Waals surface area contributed by atoms with Gasteiger partial charge < -0.3 is 20.1 Å². The van der Waals surface area contributed by atoms with E-state index in [0.717, 1.165) is 0 Å². The maximum atomic E-state index is 9.12. The number of hydrogen-bond donors (Lipinski definition) is 3. The Kier molecular flexibility index (Phi) is 1.25. The Hall–Kier alpha value is -0.160. The van der Waals surface area contributed by atoms with Crippen LogP contribution in [0.15, 0.2) is 0 Å². The zero-order valence-electron chi connectivity index (χ0n) is 5.34. The zero-order valence-corrected chi connectivity index (χ0v) is 5.34. The number of ether oxygens (including phenoxy) is 1. The Labute approximate surface area is 58.0 Å². The Morgan fingerprint density at radius 2 is 1.80 bits per heavy atom. The molecule has 0 unspecified atom stereocenters. The predicted molar refractivity (Wildman–Crippen MR) is 31.3 cm³/mol. The SMILES string of the molecule is O[C@@H]1[C@@H](O)[C@H](O)C[C@H]2O[C@@H]12. The van der Waals surface area contributed by atoms with Gasteiger partial charge in [0.05, 0.1) is 12.2 Å². The molecule has 0 aromatic rings. The first kappa shape index (κ1) is 6.54. The van der Waals surface area contributed by atoms with Crippen LogP contribution in [0.1, 0.15) is 6.42 Å². The van der Waals surface area contributed by atoms with Crippen molar-refractivity contribution in [1.29, 1.82) is 0 Å². The Morgan fingerprint density at radius 3 is 2.50 bits per heavy atom. The molecule has 0 amide bonds. The molecule has 1 saturated carbocycles. The third kappa shape index (κ3) is 0.769. The van der Waals surface area contributed by atoms with Crippen molar-refractivity contribution in [3.63, 3.8) is 0 Å². The molecule has 1 heterocycles. The molecule has 2 fully saturated rings. The lowest BCUT2D eigenvalue weighted by molar-refractivity contribution is -0.0759. The van der Waals surface area contributed by atoms with E-state index in [1.807, 2.05) is 0 Å². The van der Waals surface area contributed by atoms with Gasteiger partial charge in [-0.15, -0.1) is 0 Å². The highest BCUT2D eigenvalue weighted by molar-refractivity contribution is 5.02. The van der Waals surface area contributed by atoms with Gasteiger partial charge in [-0.05, 0) is 0 Å². The van der Waals surface area contributed by atoms with E-state index >= 15 is 0 Å². The second-order valence-corrected chi connectivity index (χ2v) is 2.92. The molecule has 0 radical (unpaired) electrons. The number of rotatable bonds is 0. The molecule has 0 spiro atoms. The van der Waals surface area contributed by atoms with Gasteiger partial charge in [0.25, 0.3) is 0 Å². The van der Waals surface area contributed by atoms with E-state index < -0.39 is 18.3 Å². The van der Waals surface area contributed by atoms with E-state index in [4.69, 9.17) is 20.1 Å². The number of epoxide rings is 1. The largest absolute Gasteiger partial charge is 0.390 e. The average Bonchev–Trinajstić information content (AvgIpc) is 2.62. The number of hydrogen-bond acceptors (Lipinski definition) is 4. The van der Waals surface area contributed by atoms with Crippen LogP contribution in [-0.4, -0.2) is 45.8 Å². The van der Waals surface area contributed by atoms with Gasteiger partial charge in [-0.2, -0.15) is 0 Å². The van der Waals surface area contributed by atoms with Crippen LogP contribution >= 0.6 is 0 Å². The summed E-state index contributed by atoms with van der Waals surface area (Å²) in [5.41, 5.74) is 0. The van der Waals surface area contributed by atoms with Gasteiger partial charge in [0.2, 0.25) is 0 Å². The normalized spacial score (nSPS) is 59.7. The van der Waals surface area contributed by atoms with Gasteiger partial charge in [-0.25, -0.2) is 0 Å². The van der Waals surface area contributed by atoms with Gasteiger partial charge in [0.15, 0.2) is 0 Å². The van der Waals surface area contributed by atoms with Gasteiger partial charge >= 0.3 is 0 Å². The Balaban J connectivity index is 2.07. The topological polar surface area (TPSA) is 73.2 Å². The quantitative estimate of drug-likeness (QED) is 0.354. The number of fused-ring (bicyclic) bond motifs is 1. The molecule has 1 aliphatic carbocycles. The Morgan fingerprint density at radius 1 is 1.10 bits per heavy atom. The zero-order chi connectivity index (χ0) is 7.30. The minimum Gasteiger partial charge on any atom is -0.390 e. The summed E-state index contributed by atoms with van der Waals surface area (Å²) in [5, 5.41) is 27.2. The van der Waals surface area contributed by atoms with Crippen LogP contribution in [0.2, 0.25) is 0 Å². The fourth-order valence-corrected chi connectivity index (χ4v) is 1.45. The maximum Gasteiger partial charge on any atom is 0.113 e. The molecule has 4 heteroatoms. The van der Waals surface area contributed by atoms with Crippen LogP contribution < -0.4 is 0 Å². The summed E-state index contributed by atoms with van der Waals surface area (Å²) in [5.74, 6) is 0. The van der Waals surface area contributed by atoms with E-state index in [-0.39, 0.29) is 12.2 Å². The van der Waals surface area contributed by atoms with E-state index in [0.29, 0.717) is 6.42 Å². The van der Waals surface area contributed by atoms with Crippen molar-refractivity contribution in [3.8, 4) is 0 Å². The van der Waals surface area contributed by atoms with E-state index in [2.05, 4.69) is 0 Å². The monoisotopic (exact) mass is 146 g/mol. The molecule has 2 aliphatic rings. The van der Waals surface area contributed by atoms with Gasteiger partial charge in [0, 0.05) is 6.42 Å². The van der Waals surface area contributed by atoms with Crippen LogP contribution in [0.3, 0.4) is 0 Å². The fourth-order valence-electron chi connectivity index (χ4n) is 1.45. The molecule has 58 valence electrons. The van der Waals surface area contributed by atoms with Gasteiger partial charge in [0.1, 0.15) is 18.3 Å². The average molecular weight is 146 g/mol. The summed E-state index contributed by atoms with van der Waals surface area (Å²) in [6.45, 7) is 0. The maximum absolute atomic E-state index is 9.12. The summed E-state index contributed by atoms with van der Waals surface area (Å²) in [6, 6.07) is 0. The lowest BCUT2D eigenvalue weighted by atomic mass is 9.92. The lowest BCUT2D eigenvalue weighted by Gasteiger charge is -2.24. The third-order valence-corrected chi connectivity index (χ3v) is 2.18. The molecule has 0 aromatic carbocycles. The second kappa shape index (κ2) is 1.92. The van der Waals surface area contributed by atoms with Crippen molar-refractivity contribution in [1.82, 2.24) is 0 Å². The summed E-state index contributed by atoms with van der Waals surface area (Å²) in [4.78, 5) is 0. The first-order chi connectivity index (χ1) is 4.70. The molecular formula is C6H10O4. The van der Waals surface area contributed by atoms with E-state index in [1.54, 1.807) is 0 Å². The number of aliphatic hydroxyl groups excluding tert-OH is 3. The number of aliphatic hydroxyl groups is 3. The second-order valence-electron chi connectivity index (χ2n) is 2.92. The highest BCUT2D eigenvalue weighted by Gasteiger charge is 2.54. The minimum absolute atomic E-state index is 0.0200. The molecule has 10 heavy (non-hydrogen) atoms. The van der Waals surface area contributed by atoms with Crippen molar-refractivity contribution in [3.05, 3.63) is 0 Å². The molecule has 0 bridgehead atoms. The molecule has 1 saturated heterocycles. The van der Waals surface area contributed by atoms with Crippen molar-refractivity contribution >= 4 is 0 Å². The van der Waals surface area contributed by atoms with Crippen molar-refractivity contribution in [2.24, 2.45) is 0 Å². The van der Waals surface area contributed by atoms with Crippen molar-refractivity contribution < 1.29 is 20.1 Å². The first-order valence-electron chi connectivity index (χ1n) is 3.40. The molecule has 5 atom stereocenters. The van der Waals surface area contributed by atoms with Crippen LogP contribution in [0, 0.1) is 0 Å². The van der Waals surface area contributed by atoms with Gasteiger partial charge in [-0.1, -0.05) is 0 Å². The summed E-state index contributed by atoms with van der Waals surface area (Å²) >= 11 is 0. The Bertz CT molecular complexity index is 147. The third-order valence-electron chi connectivity index (χ3n) is 2.18. The van der Waals surface area contributed by atoms with Crippen molar-refractivity contribution in [2.45, 2.75) is 36.9 Å². The van der Waals surface area contributed by atoms with Crippen LogP contribution in [-0.2, 0) is 4.74 Å².